The third-order valence-corrected chi connectivity index (χ3v) is 4.48. The maximum Gasteiger partial charge on any atom is 0.317 e. The lowest BCUT2D eigenvalue weighted by atomic mass is 9.97. The fraction of sp³-hybridized carbons (Fsp3) is 0.412. The smallest absolute Gasteiger partial charge is 0.317 e. The van der Waals surface area contributed by atoms with Gasteiger partial charge < -0.3 is 20.3 Å². The molecule has 2 aromatic rings. The van der Waals surface area contributed by atoms with Crippen LogP contribution in [-0.2, 0) is 11.2 Å². The molecule has 0 spiro atoms. The average Bonchev–Trinajstić information content (AvgIpc) is 2.98. The fourth-order valence-corrected chi connectivity index (χ4v) is 3.08. The summed E-state index contributed by atoms with van der Waals surface area (Å²) in [6, 6.07) is 7.99. The number of aliphatic carboxylic acids is 1. The topological polar surface area (TPSA) is 85.4 Å². The minimum atomic E-state index is -0.760. The molecular formula is C17H21N3O3. The number of rotatable bonds is 4. The van der Waals surface area contributed by atoms with E-state index in [4.69, 9.17) is 5.11 Å². The van der Waals surface area contributed by atoms with Crippen molar-refractivity contribution >= 4 is 22.9 Å². The van der Waals surface area contributed by atoms with Crippen molar-refractivity contribution in [1.29, 1.82) is 0 Å². The van der Waals surface area contributed by atoms with Crippen LogP contribution in [0.5, 0.6) is 0 Å². The van der Waals surface area contributed by atoms with Gasteiger partial charge in [-0.3, -0.25) is 4.79 Å². The molecule has 3 rings (SSSR count). The Labute approximate surface area is 134 Å². The van der Waals surface area contributed by atoms with Crippen molar-refractivity contribution < 1.29 is 14.7 Å². The number of piperidine rings is 1. The van der Waals surface area contributed by atoms with Crippen LogP contribution in [0, 0.1) is 5.92 Å². The number of fused-ring (bicyclic) bond motifs is 1. The molecule has 2 amide bonds. The second-order valence-corrected chi connectivity index (χ2v) is 5.94. The number of hydrogen-bond acceptors (Lipinski definition) is 2. The van der Waals surface area contributed by atoms with Gasteiger partial charge in [-0.15, -0.1) is 0 Å². The number of amides is 2. The summed E-state index contributed by atoms with van der Waals surface area (Å²) in [6.07, 6.45) is 3.81. The number of nitrogens with zero attached hydrogens (tertiary/aromatic N) is 1. The molecule has 0 atom stereocenters. The predicted octanol–water partition coefficient (Wildman–Crippen LogP) is 2.22. The predicted molar refractivity (Wildman–Crippen MR) is 87.3 cm³/mol. The van der Waals surface area contributed by atoms with Crippen LogP contribution >= 0.6 is 0 Å². The molecule has 2 heterocycles. The van der Waals surface area contributed by atoms with Crippen molar-refractivity contribution in [3.63, 3.8) is 0 Å². The summed E-state index contributed by atoms with van der Waals surface area (Å²) in [6.45, 7) is 1.59. The minimum absolute atomic E-state index is 0.103. The first-order chi connectivity index (χ1) is 11.1. The van der Waals surface area contributed by atoms with Crippen LogP contribution in [0.15, 0.2) is 30.5 Å². The molecule has 1 aromatic heterocycles. The summed E-state index contributed by atoms with van der Waals surface area (Å²) in [5.74, 6) is -1.07. The number of urea groups is 1. The number of hydrogen-bond donors (Lipinski definition) is 3. The van der Waals surface area contributed by atoms with Crippen molar-refractivity contribution in [2.45, 2.75) is 19.3 Å². The second-order valence-electron chi connectivity index (χ2n) is 5.94. The van der Waals surface area contributed by atoms with E-state index in [2.05, 4.69) is 16.4 Å². The molecule has 1 aromatic carbocycles. The molecule has 1 aliphatic rings. The lowest BCUT2D eigenvalue weighted by Crippen LogP contribution is -2.45. The van der Waals surface area contributed by atoms with Crippen LogP contribution in [0.4, 0.5) is 4.79 Å². The Morgan fingerprint density at radius 2 is 2.00 bits per heavy atom. The van der Waals surface area contributed by atoms with Crippen molar-refractivity contribution in [2.24, 2.45) is 5.92 Å². The Hall–Kier alpha value is -2.50. The van der Waals surface area contributed by atoms with Gasteiger partial charge in [-0.05, 0) is 30.9 Å². The van der Waals surface area contributed by atoms with E-state index < -0.39 is 5.97 Å². The molecule has 6 nitrogen and oxygen atoms in total. The first kappa shape index (κ1) is 15.4. The molecule has 0 aliphatic carbocycles. The molecule has 1 fully saturated rings. The number of nitrogens with one attached hydrogen (secondary N) is 2. The molecule has 23 heavy (non-hydrogen) atoms. The standard InChI is InChI=1S/C17H21N3O3/c21-16(22)12-6-9-20(10-7-12)17(23)18-8-5-13-11-19-15-4-2-1-3-14(13)15/h1-4,11-12,19H,5-10H2,(H,18,23)(H,21,22). The zero-order valence-corrected chi connectivity index (χ0v) is 12.9. The highest BCUT2D eigenvalue weighted by Crippen LogP contribution is 2.18. The van der Waals surface area contributed by atoms with E-state index in [0.717, 1.165) is 11.9 Å². The van der Waals surface area contributed by atoms with E-state index in [1.54, 1.807) is 4.90 Å². The summed E-state index contributed by atoms with van der Waals surface area (Å²) >= 11 is 0. The van der Waals surface area contributed by atoms with E-state index in [1.165, 1.54) is 10.9 Å². The number of benzene rings is 1. The lowest BCUT2D eigenvalue weighted by Gasteiger charge is -2.30. The highest BCUT2D eigenvalue weighted by atomic mass is 16.4. The molecule has 1 saturated heterocycles. The molecule has 6 heteroatoms. The monoisotopic (exact) mass is 315 g/mol. The van der Waals surface area contributed by atoms with Gasteiger partial charge in [-0.25, -0.2) is 4.79 Å². The number of likely N-dealkylation sites (tertiary alicyclic amines) is 1. The Kier molecular flexibility index (Phi) is 4.50. The number of aromatic amines is 1. The summed E-state index contributed by atoms with van der Waals surface area (Å²) in [5, 5.41) is 13.1. The van der Waals surface area contributed by atoms with E-state index in [9.17, 15) is 9.59 Å². The van der Waals surface area contributed by atoms with E-state index in [0.29, 0.717) is 32.5 Å². The summed E-state index contributed by atoms with van der Waals surface area (Å²) in [4.78, 5) is 28.0. The first-order valence-corrected chi connectivity index (χ1v) is 7.95. The van der Waals surface area contributed by atoms with Crippen LogP contribution in [0.25, 0.3) is 10.9 Å². The summed E-state index contributed by atoms with van der Waals surface area (Å²) < 4.78 is 0. The number of aromatic nitrogens is 1. The number of carbonyl (C=O) groups excluding carboxylic acids is 1. The van der Waals surface area contributed by atoms with Crippen LogP contribution in [0.3, 0.4) is 0 Å². The Balaban J connectivity index is 1.47. The minimum Gasteiger partial charge on any atom is -0.481 e. The van der Waals surface area contributed by atoms with Crippen LogP contribution in [0.1, 0.15) is 18.4 Å². The van der Waals surface area contributed by atoms with Crippen LogP contribution < -0.4 is 5.32 Å². The van der Waals surface area contributed by atoms with Gasteiger partial charge in [-0.2, -0.15) is 0 Å². The van der Waals surface area contributed by atoms with Crippen molar-refractivity contribution in [3.8, 4) is 0 Å². The van der Waals surface area contributed by atoms with Gasteiger partial charge in [0.15, 0.2) is 0 Å². The third-order valence-electron chi connectivity index (χ3n) is 4.48. The maximum atomic E-state index is 12.1. The SMILES string of the molecule is O=C(O)C1CCN(C(=O)NCCc2c[nH]c3ccccc23)CC1. The molecule has 0 unspecified atom stereocenters. The van der Waals surface area contributed by atoms with E-state index >= 15 is 0 Å². The zero-order chi connectivity index (χ0) is 16.2. The van der Waals surface area contributed by atoms with Crippen molar-refractivity contribution in [2.75, 3.05) is 19.6 Å². The summed E-state index contributed by atoms with van der Waals surface area (Å²) in [7, 11) is 0. The molecule has 0 saturated carbocycles. The van der Waals surface area contributed by atoms with Gasteiger partial charge >= 0.3 is 12.0 Å². The largest absolute Gasteiger partial charge is 0.481 e. The molecule has 0 bridgehead atoms. The van der Waals surface area contributed by atoms with Gasteiger partial charge in [0.05, 0.1) is 5.92 Å². The molecule has 1 aliphatic heterocycles. The van der Waals surface area contributed by atoms with Crippen molar-refractivity contribution in [3.05, 3.63) is 36.0 Å². The fourth-order valence-electron chi connectivity index (χ4n) is 3.08. The van der Waals surface area contributed by atoms with Gasteiger partial charge in [0.2, 0.25) is 0 Å². The van der Waals surface area contributed by atoms with Crippen LogP contribution in [-0.4, -0.2) is 46.6 Å². The van der Waals surface area contributed by atoms with Crippen molar-refractivity contribution in [1.82, 2.24) is 15.2 Å². The number of carboxylic acids is 1. The number of carboxylic acid groups (broad SMARTS) is 1. The Morgan fingerprint density at radius 1 is 1.26 bits per heavy atom. The van der Waals surface area contributed by atoms with Gasteiger partial charge in [0, 0.05) is 36.7 Å². The normalized spacial score (nSPS) is 15.7. The number of H-pyrrole nitrogens is 1. The highest BCUT2D eigenvalue weighted by Gasteiger charge is 2.26. The van der Waals surface area contributed by atoms with Gasteiger partial charge in [-0.1, -0.05) is 18.2 Å². The number of para-hydroxylation sites is 1. The third kappa shape index (κ3) is 3.47. The van der Waals surface area contributed by atoms with Gasteiger partial charge in [0.25, 0.3) is 0 Å². The molecule has 122 valence electrons. The molecule has 0 radical (unpaired) electrons. The second kappa shape index (κ2) is 6.73. The average molecular weight is 315 g/mol. The lowest BCUT2D eigenvalue weighted by molar-refractivity contribution is -0.143. The Bertz CT molecular complexity index is 702. The van der Waals surface area contributed by atoms with Crippen LogP contribution in [0.2, 0.25) is 0 Å². The zero-order valence-electron chi connectivity index (χ0n) is 12.9. The van der Waals surface area contributed by atoms with Gasteiger partial charge in [0.1, 0.15) is 0 Å². The first-order valence-electron chi connectivity index (χ1n) is 7.95. The summed E-state index contributed by atoms with van der Waals surface area (Å²) in [5.41, 5.74) is 2.29. The van der Waals surface area contributed by atoms with E-state index in [-0.39, 0.29) is 11.9 Å². The highest BCUT2D eigenvalue weighted by molar-refractivity contribution is 5.83. The number of carbonyl (C=O) groups is 2. The Morgan fingerprint density at radius 3 is 2.74 bits per heavy atom. The molecule has 3 N–H and O–H groups in total. The van der Waals surface area contributed by atoms with E-state index in [1.807, 2.05) is 24.4 Å². The maximum absolute atomic E-state index is 12.1. The molecular weight excluding hydrogens is 294 g/mol. The quantitative estimate of drug-likeness (QED) is 0.808.